The molecule has 0 spiro atoms. The van der Waals surface area contributed by atoms with Crippen molar-refractivity contribution in [2.45, 2.75) is 13.3 Å². The largest absolute Gasteiger partial charge is 0.310 e. The zero-order chi connectivity index (χ0) is 12.5. The topological polar surface area (TPSA) is 50.2 Å². The highest BCUT2D eigenvalue weighted by Crippen LogP contribution is 2.18. The van der Waals surface area contributed by atoms with Crippen LogP contribution in [0.25, 0.3) is 16.4 Å². The quantitative estimate of drug-likeness (QED) is 0.607. The number of aromatic amines is 1. The predicted molar refractivity (Wildman–Crippen MR) is 70.5 cm³/mol. The van der Waals surface area contributed by atoms with Crippen LogP contribution in [0, 0.1) is 11.8 Å². The van der Waals surface area contributed by atoms with Crippen molar-refractivity contribution in [3.05, 3.63) is 46.5 Å². The number of nitrogens with zero attached hydrogens (tertiary/aromatic N) is 2. The zero-order valence-electron chi connectivity index (χ0n) is 9.90. The van der Waals surface area contributed by atoms with Crippen LogP contribution in [0.15, 0.2) is 35.4 Å². The minimum atomic E-state index is -0.137. The first-order valence-corrected chi connectivity index (χ1v) is 5.77. The Morgan fingerprint density at radius 3 is 3.06 bits per heavy atom. The molecule has 0 amide bonds. The number of aromatic nitrogens is 3. The fourth-order valence-electron chi connectivity index (χ4n) is 1.97. The van der Waals surface area contributed by atoms with Gasteiger partial charge in [0.25, 0.3) is 5.56 Å². The molecular weight excluding hydrogens is 226 g/mol. The van der Waals surface area contributed by atoms with Gasteiger partial charge in [0.15, 0.2) is 0 Å². The molecule has 4 heteroatoms. The molecular formula is C14H11N3O. The molecule has 0 radical (unpaired) electrons. The molecule has 0 saturated heterocycles. The summed E-state index contributed by atoms with van der Waals surface area (Å²) in [7, 11) is 0. The van der Waals surface area contributed by atoms with Crippen molar-refractivity contribution in [2.75, 3.05) is 0 Å². The lowest BCUT2D eigenvalue weighted by Gasteiger charge is -1.94. The van der Waals surface area contributed by atoms with Crippen LogP contribution >= 0.6 is 0 Å². The predicted octanol–water partition coefficient (Wildman–Crippen LogP) is 1.94. The van der Waals surface area contributed by atoms with E-state index in [1.807, 2.05) is 31.2 Å². The van der Waals surface area contributed by atoms with Gasteiger partial charge in [-0.2, -0.15) is 5.10 Å². The van der Waals surface area contributed by atoms with Crippen molar-refractivity contribution >= 4 is 16.4 Å². The maximum absolute atomic E-state index is 11.7. The second-order valence-corrected chi connectivity index (χ2v) is 3.99. The van der Waals surface area contributed by atoms with E-state index < -0.39 is 0 Å². The molecule has 0 saturated carbocycles. The number of fused-ring (bicyclic) bond motifs is 3. The number of hydrogen-bond donors (Lipinski definition) is 1. The second kappa shape index (κ2) is 4.04. The second-order valence-electron chi connectivity index (χ2n) is 3.99. The van der Waals surface area contributed by atoms with Gasteiger partial charge in [-0.05, 0) is 24.3 Å². The van der Waals surface area contributed by atoms with Crippen LogP contribution in [0.3, 0.4) is 0 Å². The van der Waals surface area contributed by atoms with E-state index in [9.17, 15) is 4.79 Å². The van der Waals surface area contributed by atoms with Crippen LogP contribution in [0.4, 0.5) is 0 Å². The summed E-state index contributed by atoms with van der Waals surface area (Å²) in [5.74, 6) is 6.11. The van der Waals surface area contributed by atoms with Gasteiger partial charge in [0.05, 0.1) is 5.52 Å². The molecule has 3 aromatic rings. The first-order valence-electron chi connectivity index (χ1n) is 5.77. The van der Waals surface area contributed by atoms with Crippen molar-refractivity contribution in [1.29, 1.82) is 0 Å². The molecule has 4 nitrogen and oxygen atoms in total. The molecule has 1 N–H and O–H groups in total. The first-order chi connectivity index (χ1) is 8.79. The van der Waals surface area contributed by atoms with Crippen LogP contribution in [-0.2, 0) is 0 Å². The molecule has 0 aliphatic carbocycles. The van der Waals surface area contributed by atoms with Crippen molar-refractivity contribution in [3.63, 3.8) is 0 Å². The summed E-state index contributed by atoms with van der Waals surface area (Å²) in [6, 6.07) is 7.69. The Morgan fingerprint density at radius 1 is 1.33 bits per heavy atom. The van der Waals surface area contributed by atoms with Crippen LogP contribution in [-0.4, -0.2) is 14.6 Å². The van der Waals surface area contributed by atoms with Gasteiger partial charge >= 0.3 is 0 Å². The van der Waals surface area contributed by atoms with Crippen LogP contribution in [0.2, 0.25) is 0 Å². The molecule has 0 aliphatic heterocycles. The van der Waals surface area contributed by atoms with E-state index in [-0.39, 0.29) is 5.56 Å². The molecule has 2 aromatic heterocycles. The summed E-state index contributed by atoms with van der Waals surface area (Å²) in [5.41, 5.74) is 2.28. The number of rotatable bonds is 0. The smallest absolute Gasteiger partial charge is 0.275 e. The average Bonchev–Trinajstić information content (AvgIpc) is 2.76. The third-order valence-electron chi connectivity index (χ3n) is 2.79. The van der Waals surface area contributed by atoms with Crippen LogP contribution in [0.5, 0.6) is 0 Å². The minimum absolute atomic E-state index is 0.137. The molecule has 0 bridgehead atoms. The molecule has 0 atom stereocenters. The maximum Gasteiger partial charge on any atom is 0.275 e. The van der Waals surface area contributed by atoms with Gasteiger partial charge in [-0.15, -0.1) is 0 Å². The van der Waals surface area contributed by atoms with Crippen molar-refractivity contribution in [2.24, 2.45) is 0 Å². The number of hydrogen-bond acceptors (Lipinski definition) is 2. The van der Waals surface area contributed by atoms with E-state index >= 15 is 0 Å². The fourth-order valence-corrected chi connectivity index (χ4v) is 1.97. The van der Waals surface area contributed by atoms with Crippen molar-refractivity contribution < 1.29 is 0 Å². The zero-order valence-corrected chi connectivity index (χ0v) is 9.90. The lowest BCUT2D eigenvalue weighted by Crippen LogP contribution is -2.09. The minimum Gasteiger partial charge on any atom is -0.310 e. The Hall–Kier alpha value is -2.54. The van der Waals surface area contributed by atoms with E-state index in [4.69, 9.17) is 0 Å². The standard InChI is InChI=1S/C14H11N3O/c1-2-3-4-10-5-6-12-11(7-10)8-13-14(18)15-9-16-17(12)13/h5-9H,2H2,1H3,(H,15,16,18). The third-order valence-corrected chi connectivity index (χ3v) is 2.79. The first kappa shape index (κ1) is 10.6. The van der Waals surface area contributed by atoms with Crippen LogP contribution < -0.4 is 5.56 Å². The van der Waals surface area contributed by atoms with Gasteiger partial charge in [0, 0.05) is 17.4 Å². The van der Waals surface area contributed by atoms with Gasteiger partial charge in [-0.1, -0.05) is 18.8 Å². The van der Waals surface area contributed by atoms with Gasteiger partial charge in [-0.25, -0.2) is 4.52 Å². The molecule has 1 aromatic carbocycles. The molecule has 18 heavy (non-hydrogen) atoms. The molecule has 0 aliphatic rings. The summed E-state index contributed by atoms with van der Waals surface area (Å²) in [6.07, 6.45) is 2.23. The fraction of sp³-hybridized carbons (Fsp3) is 0.143. The third kappa shape index (κ3) is 1.57. The lowest BCUT2D eigenvalue weighted by molar-refractivity contribution is 0.914. The monoisotopic (exact) mass is 237 g/mol. The van der Waals surface area contributed by atoms with E-state index in [1.165, 1.54) is 6.33 Å². The Morgan fingerprint density at radius 2 is 2.22 bits per heavy atom. The molecule has 88 valence electrons. The normalized spacial score (nSPS) is 10.5. The summed E-state index contributed by atoms with van der Waals surface area (Å²) >= 11 is 0. The Labute approximate surface area is 103 Å². The number of H-pyrrole nitrogens is 1. The van der Waals surface area contributed by atoms with Gasteiger partial charge < -0.3 is 4.98 Å². The summed E-state index contributed by atoms with van der Waals surface area (Å²) in [4.78, 5) is 14.2. The highest BCUT2D eigenvalue weighted by atomic mass is 16.1. The van der Waals surface area contributed by atoms with Crippen LogP contribution in [0.1, 0.15) is 18.9 Å². The summed E-state index contributed by atoms with van der Waals surface area (Å²) in [5, 5.41) is 5.12. The maximum atomic E-state index is 11.7. The average molecular weight is 237 g/mol. The number of nitrogens with one attached hydrogen (secondary N) is 1. The van der Waals surface area contributed by atoms with Crippen molar-refractivity contribution in [3.8, 4) is 11.8 Å². The highest BCUT2D eigenvalue weighted by molar-refractivity contribution is 5.87. The Bertz CT molecular complexity index is 846. The number of benzene rings is 1. The van der Waals surface area contributed by atoms with E-state index in [0.29, 0.717) is 5.52 Å². The summed E-state index contributed by atoms with van der Waals surface area (Å²) in [6.45, 7) is 2.02. The molecule has 0 unspecified atom stereocenters. The van der Waals surface area contributed by atoms with E-state index in [0.717, 1.165) is 22.9 Å². The van der Waals surface area contributed by atoms with E-state index in [2.05, 4.69) is 21.9 Å². The van der Waals surface area contributed by atoms with Gasteiger partial charge in [0.2, 0.25) is 0 Å². The molecule has 3 rings (SSSR count). The lowest BCUT2D eigenvalue weighted by atomic mass is 10.1. The highest BCUT2D eigenvalue weighted by Gasteiger charge is 2.06. The van der Waals surface area contributed by atoms with E-state index in [1.54, 1.807) is 4.52 Å². The molecule has 2 heterocycles. The SMILES string of the molecule is CCC#Cc1ccc2c(c1)cc1c(=O)[nH]cnn12. The summed E-state index contributed by atoms with van der Waals surface area (Å²) < 4.78 is 1.64. The van der Waals surface area contributed by atoms with Gasteiger partial charge in [0.1, 0.15) is 11.8 Å². The van der Waals surface area contributed by atoms with Crippen molar-refractivity contribution in [1.82, 2.24) is 14.6 Å². The Kier molecular flexibility index (Phi) is 2.38. The van der Waals surface area contributed by atoms with Gasteiger partial charge in [-0.3, -0.25) is 4.79 Å². The Balaban J connectivity index is 2.33. The molecule has 0 fully saturated rings.